The monoisotopic (exact) mass is 190 g/mol. The van der Waals surface area contributed by atoms with E-state index in [2.05, 4.69) is 0 Å². The van der Waals surface area contributed by atoms with E-state index in [1.807, 2.05) is 0 Å². The van der Waals surface area contributed by atoms with Crippen LogP contribution in [0.5, 0.6) is 0 Å². The first-order chi connectivity index (χ1) is 5.66. The summed E-state index contributed by atoms with van der Waals surface area (Å²) in [6, 6.07) is 0. The predicted molar refractivity (Wildman–Crippen MR) is 44.9 cm³/mol. The first kappa shape index (κ1) is 12.0. The Balaban J connectivity index is 5.01. The molecule has 6 heteroatoms. The standard InChI is InChI=1S/C7H14N2O4/c1-6(2,8)4(11)7(9,3-10)5(12)13/h10H,3,8-9H2,1-2H3,(H,12,13). The van der Waals surface area contributed by atoms with Gasteiger partial charge in [-0.15, -0.1) is 0 Å². The van der Waals surface area contributed by atoms with Crippen LogP contribution in [0.2, 0.25) is 0 Å². The number of aliphatic hydroxyl groups is 1. The van der Waals surface area contributed by atoms with Crippen molar-refractivity contribution >= 4 is 11.8 Å². The largest absolute Gasteiger partial charge is 0.479 e. The molecule has 0 aromatic rings. The summed E-state index contributed by atoms with van der Waals surface area (Å²) in [6.45, 7) is 1.69. The van der Waals surface area contributed by atoms with Crippen LogP contribution in [0.1, 0.15) is 13.8 Å². The van der Waals surface area contributed by atoms with Gasteiger partial charge in [-0.25, -0.2) is 4.79 Å². The molecule has 1 unspecified atom stereocenters. The minimum atomic E-state index is -2.31. The van der Waals surface area contributed by atoms with Gasteiger partial charge in [-0.3, -0.25) is 4.79 Å². The van der Waals surface area contributed by atoms with Gasteiger partial charge in [-0.2, -0.15) is 0 Å². The quantitative estimate of drug-likeness (QED) is 0.382. The van der Waals surface area contributed by atoms with E-state index in [-0.39, 0.29) is 0 Å². The third-order valence-corrected chi connectivity index (χ3v) is 1.62. The fourth-order valence-corrected chi connectivity index (χ4v) is 0.811. The molecule has 0 amide bonds. The molecule has 0 fully saturated rings. The van der Waals surface area contributed by atoms with E-state index in [0.29, 0.717) is 0 Å². The van der Waals surface area contributed by atoms with Crippen LogP contribution < -0.4 is 11.5 Å². The molecule has 1 atom stereocenters. The lowest BCUT2D eigenvalue weighted by Gasteiger charge is -2.28. The molecular weight excluding hydrogens is 176 g/mol. The van der Waals surface area contributed by atoms with Crippen molar-refractivity contribution in [2.24, 2.45) is 11.5 Å². The van der Waals surface area contributed by atoms with E-state index in [4.69, 9.17) is 21.7 Å². The van der Waals surface area contributed by atoms with E-state index in [1.165, 1.54) is 13.8 Å². The van der Waals surface area contributed by atoms with Crippen molar-refractivity contribution in [3.05, 3.63) is 0 Å². The summed E-state index contributed by atoms with van der Waals surface area (Å²) in [6.07, 6.45) is 0. The normalized spacial score (nSPS) is 16.4. The van der Waals surface area contributed by atoms with Crippen molar-refractivity contribution in [3.63, 3.8) is 0 Å². The average Bonchev–Trinajstić information content (AvgIpc) is 1.99. The van der Waals surface area contributed by atoms with Gasteiger partial charge in [-0.05, 0) is 13.8 Å². The van der Waals surface area contributed by atoms with E-state index in [0.717, 1.165) is 0 Å². The molecule has 0 aliphatic heterocycles. The molecule has 6 nitrogen and oxygen atoms in total. The Morgan fingerprint density at radius 1 is 1.31 bits per heavy atom. The Kier molecular flexibility index (Phi) is 3.15. The smallest absolute Gasteiger partial charge is 0.333 e. The maximum atomic E-state index is 11.4. The van der Waals surface area contributed by atoms with Crippen LogP contribution >= 0.6 is 0 Å². The van der Waals surface area contributed by atoms with Crippen molar-refractivity contribution in [1.29, 1.82) is 0 Å². The Morgan fingerprint density at radius 2 is 1.69 bits per heavy atom. The van der Waals surface area contributed by atoms with E-state index in [1.54, 1.807) is 0 Å². The van der Waals surface area contributed by atoms with Crippen LogP contribution in [0, 0.1) is 0 Å². The summed E-state index contributed by atoms with van der Waals surface area (Å²) < 4.78 is 0. The van der Waals surface area contributed by atoms with Crippen LogP contribution in [0.25, 0.3) is 0 Å². The van der Waals surface area contributed by atoms with Crippen molar-refractivity contribution in [2.75, 3.05) is 6.61 Å². The zero-order valence-corrected chi connectivity index (χ0v) is 7.57. The van der Waals surface area contributed by atoms with Crippen molar-refractivity contribution in [1.82, 2.24) is 0 Å². The number of hydrogen-bond acceptors (Lipinski definition) is 5. The number of carbonyl (C=O) groups excluding carboxylic acids is 1. The number of carbonyl (C=O) groups is 2. The molecule has 0 heterocycles. The zero-order chi connectivity index (χ0) is 10.9. The number of Topliss-reactive ketones (excluding diaryl/α,β-unsaturated/α-hetero) is 1. The summed E-state index contributed by atoms with van der Waals surface area (Å²) in [5.74, 6) is -2.49. The van der Waals surface area contributed by atoms with Gasteiger partial charge in [0.2, 0.25) is 0 Å². The molecule has 0 spiro atoms. The van der Waals surface area contributed by atoms with Crippen molar-refractivity contribution in [2.45, 2.75) is 24.9 Å². The fourth-order valence-electron chi connectivity index (χ4n) is 0.811. The van der Waals surface area contributed by atoms with Gasteiger partial charge in [0.1, 0.15) is 0 Å². The fraction of sp³-hybridized carbons (Fsp3) is 0.714. The lowest BCUT2D eigenvalue weighted by molar-refractivity contribution is -0.151. The molecule has 0 bridgehead atoms. The number of nitrogens with two attached hydrogens (primary N) is 2. The first-order valence-corrected chi connectivity index (χ1v) is 3.63. The maximum absolute atomic E-state index is 11.4. The minimum absolute atomic E-state index is 0.907. The Labute approximate surface area is 75.5 Å². The van der Waals surface area contributed by atoms with Gasteiger partial charge in [0.05, 0.1) is 12.1 Å². The molecule has 0 radical (unpaired) electrons. The molecule has 0 saturated carbocycles. The second-order valence-corrected chi connectivity index (χ2v) is 3.49. The average molecular weight is 190 g/mol. The van der Waals surface area contributed by atoms with Gasteiger partial charge < -0.3 is 21.7 Å². The van der Waals surface area contributed by atoms with Crippen LogP contribution in [-0.4, -0.2) is 39.7 Å². The molecular formula is C7H14N2O4. The molecule has 0 aliphatic carbocycles. The highest BCUT2D eigenvalue weighted by molar-refractivity contribution is 6.11. The molecule has 0 saturated heterocycles. The Morgan fingerprint density at radius 3 is 1.77 bits per heavy atom. The Bertz CT molecular complexity index is 233. The number of rotatable bonds is 4. The lowest BCUT2D eigenvalue weighted by atomic mass is 9.84. The molecule has 6 N–H and O–H groups in total. The second kappa shape index (κ2) is 3.41. The molecule has 13 heavy (non-hydrogen) atoms. The van der Waals surface area contributed by atoms with Crippen LogP contribution in [0.4, 0.5) is 0 Å². The highest BCUT2D eigenvalue weighted by Gasteiger charge is 2.47. The van der Waals surface area contributed by atoms with E-state index in [9.17, 15) is 9.59 Å². The van der Waals surface area contributed by atoms with Gasteiger partial charge in [-0.1, -0.05) is 0 Å². The molecule has 76 valence electrons. The van der Waals surface area contributed by atoms with Gasteiger partial charge in [0, 0.05) is 0 Å². The second-order valence-electron chi connectivity index (χ2n) is 3.49. The molecule has 0 aromatic heterocycles. The highest BCUT2D eigenvalue weighted by atomic mass is 16.4. The first-order valence-electron chi connectivity index (χ1n) is 3.63. The highest BCUT2D eigenvalue weighted by Crippen LogP contribution is 2.11. The maximum Gasteiger partial charge on any atom is 0.333 e. The number of carboxylic acid groups (broad SMARTS) is 1. The van der Waals surface area contributed by atoms with Crippen molar-refractivity contribution < 1.29 is 19.8 Å². The summed E-state index contributed by atoms with van der Waals surface area (Å²) in [5, 5.41) is 17.3. The minimum Gasteiger partial charge on any atom is -0.479 e. The zero-order valence-electron chi connectivity index (χ0n) is 7.57. The van der Waals surface area contributed by atoms with E-state index < -0.39 is 29.4 Å². The molecule has 0 aromatic carbocycles. The van der Waals surface area contributed by atoms with Crippen LogP contribution in [0.3, 0.4) is 0 Å². The van der Waals surface area contributed by atoms with Crippen molar-refractivity contribution in [3.8, 4) is 0 Å². The summed E-state index contributed by atoms with van der Waals surface area (Å²) in [4.78, 5) is 21.9. The summed E-state index contributed by atoms with van der Waals surface area (Å²) >= 11 is 0. The summed E-state index contributed by atoms with van der Waals surface area (Å²) in [5.41, 5.74) is 6.88. The Hall–Kier alpha value is -0.980. The third kappa shape index (κ3) is 2.24. The number of carboxylic acids is 1. The van der Waals surface area contributed by atoms with Crippen LogP contribution in [-0.2, 0) is 9.59 Å². The lowest BCUT2D eigenvalue weighted by Crippen LogP contribution is -2.65. The van der Waals surface area contributed by atoms with Crippen LogP contribution in [0.15, 0.2) is 0 Å². The van der Waals surface area contributed by atoms with Gasteiger partial charge >= 0.3 is 5.97 Å². The number of aliphatic carboxylic acids is 1. The molecule has 0 aliphatic rings. The SMILES string of the molecule is CC(C)(N)C(=O)C(N)(CO)C(=O)O. The number of aliphatic hydroxyl groups excluding tert-OH is 1. The number of ketones is 1. The predicted octanol–water partition coefficient (Wildman–Crippen LogP) is -1.93. The molecule has 0 rings (SSSR count). The topological polar surface area (TPSA) is 127 Å². The van der Waals surface area contributed by atoms with Gasteiger partial charge in [0.25, 0.3) is 0 Å². The van der Waals surface area contributed by atoms with Gasteiger partial charge in [0.15, 0.2) is 11.3 Å². The summed E-state index contributed by atoms with van der Waals surface area (Å²) in [7, 11) is 0. The number of hydrogen-bond donors (Lipinski definition) is 4. The third-order valence-electron chi connectivity index (χ3n) is 1.62. The van der Waals surface area contributed by atoms with E-state index >= 15 is 0 Å².